The predicted octanol–water partition coefficient (Wildman–Crippen LogP) is 4.11. The van der Waals surface area contributed by atoms with Gasteiger partial charge in [-0.1, -0.05) is 40.2 Å². The van der Waals surface area contributed by atoms with Crippen molar-refractivity contribution in [2.45, 2.75) is 6.61 Å². The number of benzene rings is 2. The first-order valence-electron chi connectivity index (χ1n) is 6.39. The van der Waals surface area contributed by atoms with Gasteiger partial charge in [-0.3, -0.25) is 10.1 Å². The maximum Gasteiger partial charge on any atom is 0.331 e. The second-order valence-corrected chi connectivity index (χ2v) is 5.30. The van der Waals surface area contributed by atoms with Crippen LogP contribution in [-0.2, 0) is 16.1 Å². The van der Waals surface area contributed by atoms with Gasteiger partial charge in [0.1, 0.15) is 6.61 Å². The maximum absolute atomic E-state index is 11.6. The second-order valence-electron chi connectivity index (χ2n) is 4.38. The summed E-state index contributed by atoms with van der Waals surface area (Å²) in [4.78, 5) is 22.0. The van der Waals surface area contributed by atoms with Crippen molar-refractivity contribution in [1.29, 1.82) is 0 Å². The van der Waals surface area contributed by atoms with E-state index < -0.39 is 10.9 Å². The molecule has 22 heavy (non-hydrogen) atoms. The van der Waals surface area contributed by atoms with Gasteiger partial charge in [0.25, 0.3) is 5.69 Å². The zero-order valence-corrected chi connectivity index (χ0v) is 13.0. The molecule has 0 unspecified atom stereocenters. The van der Waals surface area contributed by atoms with E-state index in [1.54, 1.807) is 18.2 Å². The van der Waals surface area contributed by atoms with Gasteiger partial charge in [-0.25, -0.2) is 4.79 Å². The van der Waals surface area contributed by atoms with Gasteiger partial charge >= 0.3 is 5.97 Å². The molecule has 0 amide bonds. The third-order valence-electron chi connectivity index (χ3n) is 2.83. The number of carbonyl (C=O) groups is 1. The lowest BCUT2D eigenvalue weighted by Gasteiger charge is -2.02. The lowest BCUT2D eigenvalue weighted by Crippen LogP contribution is -2.00. The lowest BCUT2D eigenvalue weighted by atomic mass is 10.1. The Bertz CT molecular complexity index is 710. The monoisotopic (exact) mass is 361 g/mol. The predicted molar refractivity (Wildman–Crippen MR) is 86.1 cm³/mol. The molecule has 0 aliphatic rings. The number of halogens is 1. The first-order chi connectivity index (χ1) is 10.6. The number of esters is 1. The van der Waals surface area contributed by atoms with E-state index in [1.807, 2.05) is 24.3 Å². The molecule has 0 fully saturated rings. The first-order valence-corrected chi connectivity index (χ1v) is 7.18. The fourth-order valence-electron chi connectivity index (χ4n) is 1.74. The summed E-state index contributed by atoms with van der Waals surface area (Å²) < 4.78 is 6.02. The molecule has 0 aromatic heterocycles. The molecule has 0 saturated carbocycles. The minimum absolute atomic E-state index is 0.0561. The van der Waals surface area contributed by atoms with E-state index in [1.165, 1.54) is 18.2 Å². The zero-order valence-electron chi connectivity index (χ0n) is 11.4. The van der Waals surface area contributed by atoms with Crippen LogP contribution in [0.5, 0.6) is 0 Å². The molecule has 2 aromatic carbocycles. The van der Waals surface area contributed by atoms with Crippen LogP contribution in [-0.4, -0.2) is 10.9 Å². The number of para-hydroxylation sites is 1. The molecular weight excluding hydrogens is 350 g/mol. The van der Waals surface area contributed by atoms with Crippen LogP contribution in [0.1, 0.15) is 11.1 Å². The van der Waals surface area contributed by atoms with Crippen molar-refractivity contribution >= 4 is 33.7 Å². The van der Waals surface area contributed by atoms with Crippen molar-refractivity contribution in [3.8, 4) is 0 Å². The second kappa shape index (κ2) is 7.51. The van der Waals surface area contributed by atoms with E-state index in [2.05, 4.69) is 15.9 Å². The van der Waals surface area contributed by atoms with Gasteiger partial charge in [0.15, 0.2) is 0 Å². The molecule has 2 aromatic rings. The standard InChI is InChI=1S/C16H12BrNO4/c17-14-8-5-12(6-9-14)11-22-16(19)10-7-13-3-1-2-4-15(13)18(20)21/h1-10H,11H2/b10-7+. The smallest absolute Gasteiger partial charge is 0.331 e. The third kappa shape index (κ3) is 4.53. The average Bonchev–Trinajstić information content (AvgIpc) is 2.52. The summed E-state index contributed by atoms with van der Waals surface area (Å²) in [5, 5.41) is 10.9. The number of hydrogen-bond donors (Lipinski definition) is 0. The van der Waals surface area contributed by atoms with Crippen LogP contribution in [0, 0.1) is 10.1 Å². The third-order valence-corrected chi connectivity index (χ3v) is 3.36. The van der Waals surface area contributed by atoms with Crippen LogP contribution in [0.3, 0.4) is 0 Å². The van der Waals surface area contributed by atoms with E-state index in [4.69, 9.17) is 4.74 Å². The van der Waals surface area contributed by atoms with Crippen molar-refractivity contribution in [3.63, 3.8) is 0 Å². The molecule has 2 rings (SSSR count). The van der Waals surface area contributed by atoms with Gasteiger partial charge in [0.05, 0.1) is 10.5 Å². The summed E-state index contributed by atoms with van der Waals surface area (Å²) in [6, 6.07) is 13.6. The van der Waals surface area contributed by atoms with Gasteiger partial charge in [-0.15, -0.1) is 0 Å². The number of nitrogens with zero attached hydrogens (tertiary/aromatic N) is 1. The molecule has 0 aliphatic carbocycles. The number of rotatable bonds is 5. The van der Waals surface area contributed by atoms with Crippen molar-refractivity contribution in [1.82, 2.24) is 0 Å². The molecule has 112 valence electrons. The summed E-state index contributed by atoms with van der Waals surface area (Å²) in [5.74, 6) is -0.555. The number of nitro groups is 1. The van der Waals surface area contributed by atoms with Crippen LogP contribution < -0.4 is 0 Å². The molecule has 0 N–H and O–H groups in total. The molecule has 0 bridgehead atoms. The van der Waals surface area contributed by atoms with E-state index in [0.717, 1.165) is 10.0 Å². The number of hydrogen-bond acceptors (Lipinski definition) is 4. The fourth-order valence-corrected chi connectivity index (χ4v) is 2.00. The highest BCUT2D eigenvalue weighted by Crippen LogP contribution is 2.19. The molecule has 0 heterocycles. The minimum Gasteiger partial charge on any atom is -0.458 e. The zero-order chi connectivity index (χ0) is 15.9. The van der Waals surface area contributed by atoms with E-state index in [9.17, 15) is 14.9 Å². The average molecular weight is 362 g/mol. The largest absolute Gasteiger partial charge is 0.458 e. The van der Waals surface area contributed by atoms with E-state index >= 15 is 0 Å². The summed E-state index contributed by atoms with van der Waals surface area (Å²) in [6.07, 6.45) is 2.56. The highest BCUT2D eigenvalue weighted by molar-refractivity contribution is 9.10. The maximum atomic E-state index is 11.6. The normalized spacial score (nSPS) is 10.6. The van der Waals surface area contributed by atoms with Crippen LogP contribution in [0.2, 0.25) is 0 Å². The first kappa shape index (κ1) is 15.9. The Morgan fingerprint density at radius 1 is 1.18 bits per heavy atom. The van der Waals surface area contributed by atoms with Gasteiger partial charge in [-0.05, 0) is 29.8 Å². The van der Waals surface area contributed by atoms with Crippen molar-refractivity contribution in [2.75, 3.05) is 0 Å². The molecule has 0 atom stereocenters. The van der Waals surface area contributed by atoms with E-state index in [-0.39, 0.29) is 12.3 Å². The van der Waals surface area contributed by atoms with Crippen LogP contribution in [0.25, 0.3) is 6.08 Å². The van der Waals surface area contributed by atoms with Gasteiger partial charge in [0.2, 0.25) is 0 Å². The Labute approximate surface area is 135 Å². The van der Waals surface area contributed by atoms with Crippen LogP contribution in [0.4, 0.5) is 5.69 Å². The van der Waals surface area contributed by atoms with Gasteiger partial charge in [0, 0.05) is 16.6 Å². The van der Waals surface area contributed by atoms with Crippen molar-refractivity contribution in [3.05, 3.63) is 80.3 Å². The molecule has 0 spiro atoms. The highest BCUT2D eigenvalue weighted by atomic mass is 79.9. The Morgan fingerprint density at radius 2 is 1.86 bits per heavy atom. The number of nitro benzene ring substituents is 1. The highest BCUT2D eigenvalue weighted by Gasteiger charge is 2.09. The van der Waals surface area contributed by atoms with E-state index in [0.29, 0.717) is 5.56 Å². The molecule has 0 radical (unpaired) electrons. The topological polar surface area (TPSA) is 69.4 Å². The molecule has 5 nitrogen and oxygen atoms in total. The molecule has 0 aliphatic heterocycles. The fraction of sp³-hybridized carbons (Fsp3) is 0.0625. The van der Waals surface area contributed by atoms with Gasteiger partial charge in [-0.2, -0.15) is 0 Å². The Kier molecular flexibility index (Phi) is 5.43. The quantitative estimate of drug-likeness (QED) is 0.347. The van der Waals surface area contributed by atoms with Crippen molar-refractivity contribution in [2.24, 2.45) is 0 Å². The van der Waals surface area contributed by atoms with Crippen molar-refractivity contribution < 1.29 is 14.5 Å². The summed E-state index contributed by atoms with van der Waals surface area (Å²) >= 11 is 3.32. The van der Waals surface area contributed by atoms with Crippen LogP contribution in [0.15, 0.2) is 59.1 Å². The minimum atomic E-state index is -0.555. The summed E-state index contributed by atoms with van der Waals surface area (Å²) in [5.41, 5.74) is 1.16. The Balaban J connectivity index is 1.97. The molecular formula is C16H12BrNO4. The van der Waals surface area contributed by atoms with Crippen LogP contribution >= 0.6 is 15.9 Å². The molecule has 0 saturated heterocycles. The Hall–Kier alpha value is -2.47. The van der Waals surface area contributed by atoms with Gasteiger partial charge < -0.3 is 4.74 Å². The molecule has 6 heteroatoms. The summed E-state index contributed by atoms with van der Waals surface area (Å²) in [7, 11) is 0. The Morgan fingerprint density at radius 3 is 2.55 bits per heavy atom. The number of carbonyl (C=O) groups excluding carboxylic acids is 1. The summed E-state index contributed by atoms with van der Waals surface area (Å²) in [6.45, 7) is 0.146. The lowest BCUT2D eigenvalue weighted by molar-refractivity contribution is -0.385. The number of ether oxygens (including phenoxy) is 1. The SMILES string of the molecule is O=C(/C=C/c1ccccc1[N+](=O)[O-])OCc1ccc(Br)cc1.